The summed E-state index contributed by atoms with van der Waals surface area (Å²) in [4.78, 5) is 6.86. The SMILES string of the molecule is F/C(=C/c1cncnc1)C(F)(F)F. The Balaban J connectivity index is 2.90. The number of hydrogen-bond donors (Lipinski definition) is 0. The fourth-order valence-corrected chi connectivity index (χ4v) is 0.613. The molecule has 0 fully saturated rings. The van der Waals surface area contributed by atoms with Crippen molar-refractivity contribution in [2.75, 3.05) is 0 Å². The van der Waals surface area contributed by atoms with Crippen LogP contribution in [0.3, 0.4) is 0 Å². The highest BCUT2D eigenvalue weighted by Crippen LogP contribution is 2.27. The van der Waals surface area contributed by atoms with Crippen molar-refractivity contribution in [3.8, 4) is 0 Å². The molecule has 0 atom stereocenters. The highest BCUT2D eigenvalue weighted by Gasteiger charge is 2.34. The molecule has 6 heteroatoms. The number of nitrogens with zero attached hydrogens (tertiary/aromatic N) is 2. The molecule has 0 aliphatic carbocycles. The van der Waals surface area contributed by atoms with Gasteiger partial charge in [0.1, 0.15) is 6.33 Å². The van der Waals surface area contributed by atoms with Crippen LogP contribution in [-0.4, -0.2) is 16.1 Å². The van der Waals surface area contributed by atoms with Gasteiger partial charge in [-0.3, -0.25) is 0 Å². The lowest BCUT2D eigenvalue weighted by Gasteiger charge is -2.01. The molecule has 1 rings (SSSR count). The van der Waals surface area contributed by atoms with Crippen molar-refractivity contribution in [2.24, 2.45) is 0 Å². The number of alkyl halides is 3. The fraction of sp³-hybridized carbons (Fsp3) is 0.143. The zero-order valence-corrected chi connectivity index (χ0v) is 6.22. The van der Waals surface area contributed by atoms with E-state index in [9.17, 15) is 17.6 Å². The van der Waals surface area contributed by atoms with Crippen molar-refractivity contribution in [3.05, 3.63) is 30.1 Å². The zero-order chi connectivity index (χ0) is 9.90. The van der Waals surface area contributed by atoms with E-state index in [2.05, 4.69) is 9.97 Å². The Hall–Kier alpha value is -1.46. The Morgan fingerprint density at radius 3 is 2.23 bits per heavy atom. The van der Waals surface area contributed by atoms with E-state index >= 15 is 0 Å². The van der Waals surface area contributed by atoms with Gasteiger partial charge in [0.2, 0.25) is 5.83 Å². The Morgan fingerprint density at radius 1 is 1.23 bits per heavy atom. The largest absolute Gasteiger partial charge is 0.442 e. The molecule has 70 valence electrons. The zero-order valence-electron chi connectivity index (χ0n) is 6.22. The van der Waals surface area contributed by atoms with Gasteiger partial charge >= 0.3 is 6.18 Å². The monoisotopic (exact) mass is 192 g/mol. The van der Waals surface area contributed by atoms with Gasteiger partial charge in [0.25, 0.3) is 0 Å². The predicted molar refractivity (Wildman–Crippen MR) is 37.2 cm³/mol. The molecule has 0 aliphatic rings. The molecule has 1 aromatic rings. The van der Waals surface area contributed by atoms with Gasteiger partial charge in [-0.1, -0.05) is 0 Å². The summed E-state index contributed by atoms with van der Waals surface area (Å²) < 4.78 is 47.2. The van der Waals surface area contributed by atoms with Crippen molar-refractivity contribution in [1.29, 1.82) is 0 Å². The van der Waals surface area contributed by atoms with Crippen LogP contribution >= 0.6 is 0 Å². The van der Waals surface area contributed by atoms with Gasteiger partial charge in [-0.25, -0.2) is 14.4 Å². The maximum absolute atomic E-state index is 12.3. The summed E-state index contributed by atoms with van der Waals surface area (Å²) in [5, 5.41) is 0. The van der Waals surface area contributed by atoms with Crippen LogP contribution in [0, 0.1) is 0 Å². The summed E-state index contributed by atoms with van der Waals surface area (Å²) >= 11 is 0. The molecule has 0 saturated carbocycles. The third kappa shape index (κ3) is 2.81. The highest BCUT2D eigenvalue weighted by atomic mass is 19.4. The predicted octanol–water partition coefficient (Wildman–Crippen LogP) is 2.35. The Kier molecular flexibility index (Phi) is 2.60. The first-order chi connectivity index (χ1) is 6.00. The lowest BCUT2D eigenvalue weighted by atomic mass is 10.3. The molecule has 0 unspecified atom stereocenters. The van der Waals surface area contributed by atoms with E-state index in [1.54, 1.807) is 0 Å². The van der Waals surface area contributed by atoms with E-state index in [4.69, 9.17) is 0 Å². The summed E-state index contributed by atoms with van der Waals surface area (Å²) in [5.41, 5.74) is -0.0303. The minimum absolute atomic E-state index is 0.0303. The second-order valence-corrected chi connectivity index (χ2v) is 2.16. The molecular weight excluding hydrogens is 188 g/mol. The van der Waals surface area contributed by atoms with Gasteiger partial charge in [-0.15, -0.1) is 0 Å². The van der Waals surface area contributed by atoms with E-state index < -0.39 is 12.0 Å². The highest BCUT2D eigenvalue weighted by molar-refractivity contribution is 5.49. The van der Waals surface area contributed by atoms with Crippen LogP contribution in [0.25, 0.3) is 6.08 Å². The van der Waals surface area contributed by atoms with E-state index in [0.29, 0.717) is 6.08 Å². The van der Waals surface area contributed by atoms with Crippen molar-refractivity contribution in [1.82, 2.24) is 9.97 Å². The molecule has 1 heterocycles. The van der Waals surface area contributed by atoms with Crippen LogP contribution in [0.2, 0.25) is 0 Å². The summed E-state index contributed by atoms with van der Waals surface area (Å²) in [6, 6.07) is 0. The Bertz CT molecular complexity index is 304. The number of rotatable bonds is 1. The maximum atomic E-state index is 12.3. The van der Waals surface area contributed by atoms with Crippen LogP contribution in [0.1, 0.15) is 5.56 Å². The summed E-state index contributed by atoms with van der Waals surface area (Å²) in [6.45, 7) is 0. The molecule has 0 spiro atoms. The third-order valence-electron chi connectivity index (χ3n) is 1.14. The minimum Gasteiger partial charge on any atom is -0.244 e. The average Bonchev–Trinajstić information content (AvgIpc) is 2.04. The van der Waals surface area contributed by atoms with Crippen LogP contribution in [-0.2, 0) is 0 Å². The van der Waals surface area contributed by atoms with E-state index in [0.717, 1.165) is 18.7 Å². The normalized spacial score (nSPS) is 13.1. The summed E-state index contributed by atoms with van der Waals surface area (Å²) in [7, 11) is 0. The first kappa shape index (κ1) is 9.63. The third-order valence-corrected chi connectivity index (χ3v) is 1.14. The molecule has 0 amide bonds. The molecule has 0 aliphatic heterocycles. The molecule has 0 saturated heterocycles. The molecular formula is C7H4F4N2. The van der Waals surface area contributed by atoms with Crippen LogP contribution in [0.15, 0.2) is 24.5 Å². The van der Waals surface area contributed by atoms with Gasteiger partial charge in [-0.05, 0) is 6.08 Å². The van der Waals surface area contributed by atoms with Crippen LogP contribution in [0.5, 0.6) is 0 Å². The number of halogens is 4. The quantitative estimate of drug-likeness (QED) is 0.638. The van der Waals surface area contributed by atoms with E-state index in [1.165, 1.54) is 0 Å². The maximum Gasteiger partial charge on any atom is 0.442 e. The van der Waals surface area contributed by atoms with Gasteiger partial charge in [-0.2, -0.15) is 13.2 Å². The van der Waals surface area contributed by atoms with Gasteiger partial charge < -0.3 is 0 Å². The van der Waals surface area contributed by atoms with Gasteiger partial charge in [0.15, 0.2) is 0 Å². The minimum atomic E-state index is -4.95. The fourth-order valence-electron chi connectivity index (χ4n) is 0.613. The summed E-state index contributed by atoms with van der Waals surface area (Å²) in [5.74, 6) is -2.16. The smallest absolute Gasteiger partial charge is 0.244 e. The lowest BCUT2D eigenvalue weighted by molar-refractivity contribution is -0.107. The van der Waals surface area contributed by atoms with Gasteiger partial charge in [0.05, 0.1) is 0 Å². The lowest BCUT2D eigenvalue weighted by Crippen LogP contribution is -2.07. The molecule has 0 radical (unpaired) electrons. The molecule has 0 N–H and O–H groups in total. The topological polar surface area (TPSA) is 25.8 Å². The standard InChI is InChI=1S/C7H4F4N2/c8-6(7(9,10)11)1-5-2-12-4-13-3-5/h1-4H/b6-1+. The number of allylic oxidation sites excluding steroid dienone is 1. The molecule has 13 heavy (non-hydrogen) atoms. The Morgan fingerprint density at radius 2 is 1.77 bits per heavy atom. The van der Waals surface area contributed by atoms with Crippen molar-refractivity contribution >= 4 is 6.08 Å². The van der Waals surface area contributed by atoms with Crippen LogP contribution in [0.4, 0.5) is 17.6 Å². The van der Waals surface area contributed by atoms with E-state index in [1.807, 2.05) is 0 Å². The van der Waals surface area contributed by atoms with Crippen molar-refractivity contribution < 1.29 is 17.6 Å². The average molecular weight is 192 g/mol. The Labute approximate surface area is 70.9 Å². The van der Waals surface area contributed by atoms with E-state index in [-0.39, 0.29) is 5.56 Å². The summed E-state index contributed by atoms with van der Waals surface area (Å²) in [6.07, 6.45) is -1.31. The van der Waals surface area contributed by atoms with Gasteiger partial charge in [0, 0.05) is 18.0 Å². The molecule has 2 nitrogen and oxygen atoms in total. The second kappa shape index (κ2) is 3.51. The molecule has 1 aromatic heterocycles. The van der Waals surface area contributed by atoms with Crippen LogP contribution < -0.4 is 0 Å². The first-order valence-electron chi connectivity index (χ1n) is 3.19. The van der Waals surface area contributed by atoms with Crippen molar-refractivity contribution in [3.63, 3.8) is 0 Å². The molecule has 0 bridgehead atoms. The second-order valence-electron chi connectivity index (χ2n) is 2.16. The first-order valence-corrected chi connectivity index (χ1v) is 3.19. The number of aromatic nitrogens is 2. The number of hydrogen-bond acceptors (Lipinski definition) is 2. The molecule has 0 aromatic carbocycles. The van der Waals surface area contributed by atoms with Crippen molar-refractivity contribution in [2.45, 2.75) is 6.18 Å².